The molecule has 9 heteroatoms. The fraction of sp³-hybridized carbons (Fsp3) is 0.333. The summed E-state index contributed by atoms with van der Waals surface area (Å²) >= 11 is 0. The maximum Gasteiger partial charge on any atom is 0.264 e. The number of benzene rings is 2. The molecule has 0 aliphatic carbocycles. The molecule has 0 fully saturated rings. The van der Waals surface area contributed by atoms with Gasteiger partial charge in [-0.1, -0.05) is 55.8 Å². The summed E-state index contributed by atoms with van der Waals surface area (Å²) in [6.07, 6.45) is 5.93. The Balaban J connectivity index is 1.62. The van der Waals surface area contributed by atoms with Gasteiger partial charge in [-0.15, -0.1) is 0 Å². The van der Waals surface area contributed by atoms with Crippen LogP contribution in [0.25, 0.3) is 17.1 Å². The van der Waals surface area contributed by atoms with Crippen LogP contribution in [-0.2, 0) is 17.6 Å². The second-order valence-electron chi connectivity index (χ2n) is 9.93. The summed E-state index contributed by atoms with van der Waals surface area (Å²) in [5.74, 6) is 0.925. The lowest BCUT2D eigenvalue weighted by atomic mass is 9.97. The van der Waals surface area contributed by atoms with Crippen LogP contribution in [0.1, 0.15) is 61.8 Å². The quantitative estimate of drug-likeness (QED) is 0.237. The van der Waals surface area contributed by atoms with E-state index in [-0.39, 0.29) is 24.0 Å². The molecule has 0 saturated carbocycles. The van der Waals surface area contributed by atoms with Crippen molar-refractivity contribution in [1.82, 2.24) is 24.4 Å². The van der Waals surface area contributed by atoms with Gasteiger partial charge in [0.05, 0.1) is 29.7 Å². The molecule has 0 N–H and O–H groups in total. The van der Waals surface area contributed by atoms with E-state index in [1.165, 1.54) is 17.0 Å². The number of rotatable bonds is 12. The molecule has 2 heterocycles. The summed E-state index contributed by atoms with van der Waals surface area (Å²) < 4.78 is 7.01. The highest BCUT2D eigenvalue weighted by molar-refractivity contribution is 5.77. The van der Waals surface area contributed by atoms with Gasteiger partial charge < -0.3 is 9.64 Å². The molecule has 0 radical (unpaired) electrons. The SMILES string of the molecule is CCCCc1nc(C)n(-c2ncc(OCC(=O)N(CC)CC)cn2)c(=O)c1Cc1ccc(-c2ccccc2C#N)cc1. The van der Waals surface area contributed by atoms with Crippen molar-refractivity contribution in [2.24, 2.45) is 0 Å². The van der Waals surface area contributed by atoms with Crippen molar-refractivity contribution in [3.8, 4) is 28.9 Å². The normalized spacial score (nSPS) is 10.7. The van der Waals surface area contributed by atoms with E-state index in [2.05, 4.69) is 23.0 Å². The molecule has 0 saturated heterocycles. The molecule has 2 aromatic heterocycles. The van der Waals surface area contributed by atoms with E-state index in [0.29, 0.717) is 48.6 Å². The number of hydrogen-bond acceptors (Lipinski definition) is 7. The van der Waals surface area contributed by atoms with Gasteiger partial charge in [0.15, 0.2) is 12.4 Å². The van der Waals surface area contributed by atoms with Crippen LogP contribution in [-0.4, -0.2) is 50.0 Å². The minimum atomic E-state index is -0.210. The average molecular weight is 565 g/mol. The summed E-state index contributed by atoms with van der Waals surface area (Å²) in [4.78, 5) is 41.4. The molecule has 42 heavy (non-hydrogen) atoms. The third-order valence-corrected chi connectivity index (χ3v) is 7.18. The van der Waals surface area contributed by atoms with Crippen molar-refractivity contribution in [3.63, 3.8) is 0 Å². The monoisotopic (exact) mass is 564 g/mol. The Morgan fingerprint density at radius 3 is 2.36 bits per heavy atom. The predicted molar refractivity (Wildman–Crippen MR) is 162 cm³/mol. The molecule has 9 nitrogen and oxygen atoms in total. The summed E-state index contributed by atoms with van der Waals surface area (Å²) in [7, 11) is 0. The van der Waals surface area contributed by atoms with Crippen LogP contribution in [0.4, 0.5) is 0 Å². The summed E-state index contributed by atoms with van der Waals surface area (Å²) in [5.41, 5.74) is 4.57. The minimum absolute atomic E-state index is 0.109. The van der Waals surface area contributed by atoms with Crippen molar-refractivity contribution in [3.05, 3.63) is 99.5 Å². The largest absolute Gasteiger partial charge is 0.481 e. The summed E-state index contributed by atoms with van der Waals surface area (Å²) in [6, 6.07) is 17.7. The average Bonchev–Trinajstić information content (AvgIpc) is 3.02. The number of nitriles is 1. The van der Waals surface area contributed by atoms with Gasteiger partial charge in [-0.3, -0.25) is 9.59 Å². The molecule has 0 unspecified atom stereocenters. The van der Waals surface area contributed by atoms with Crippen molar-refractivity contribution in [2.75, 3.05) is 19.7 Å². The lowest BCUT2D eigenvalue weighted by molar-refractivity contribution is -0.132. The van der Waals surface area contributed by atoms with Crippen LogP contribution in [0.2, 0.25) is 0 Å². The number of aryl methyl sites for hydroxylation is 2. The molecule has 0 aliphatic rings. The van der Waals surface area contributed by atoms with Crippen LogP contribution in [0.15, 0.2) is 65.7 Å². The number of amides is 1. The van der Waals surface area contributed by atoms with E-state index < -0.39 is 0 Å². The zero-order valence-corrected chi connectivity index (χ0v) is 24.6. The maximum atomic E-state index is 13.9. The maximum absolute atomic E-state index is 13.9. The summed E-state index contributed by atoms with van der Waals surface area (Å²) in [6.45, 7) is 8.83. The van der Waals surface area contributed by atoms with Gasteiger partial charge >= 0.3 is 0 Å². The Labute approximate surface area is 246 Å². The van der Waals surface area contributed by atoms with Crippen molar-refractivity contribution >= 4 is 5.91 Å². The number of ether oxygens (including phenoxy) is 1. The number of carbonyl (C=O) groups excluding carboxylic acids is 1. The second-order valence-corrected chi connectivity index (χ2v) is 9.93. The molecule has 4 rings (SSSR count). The Morgan fingerprint density at radius 1 is 1.02 bits per heavy atom. The first-order valence-electron chi connectivity index (χ1n) is 14.3. The van der Waals surface area contributed by atoms with Crippen LogP contribution in [0.5, 0.6) is 5.75 Å². The molecular weight excluding hydrogens is 528 g/mol. The van der Waals surface area contributed by atoms with Gasteiger partial charge in [-0.2, -0.15) is 5.26 Å². The van der Waals surface area contributed by atoms with E-state index in [1.807, 2.05) is 56.3 Å². The van der Waals surface area contributed by atoms with Crippen molar-refractivity contribution < 1.29 is 9.53 Å². The third kappa shape index (κ3) is 6.89. The van der Waals surface area contributed by atoms with E-state index in [1.54, 1.807) is 17.9 Å². The smallest absolute Gasteiger partial charge is 0.264 e. The van der Waals surface area contributed by atoms with Gasteiger partial charge in [-0.05, 0) is 56.4 Å². The van der Waals surface area contributed by atoms with E-state index in [9.17, 15) is 14.9 Å². The molecule has 0 bridgehead atoms. The van der Waals surface area contributed by atoms with Gasteiger partial charge in [0, 0.05) is 25.1 Å². The Kier molecular flexibility index (Phi) is 10.2. The molecular formula is C33H36N6O3. The Hall–Kier alpha value is -4.84. The number of likely N-dealkylation sites (N-methyl/N-ethyl adjacent to an activating group) is 1. The number of unbranched alkanes of at least 4 members (excludes halogenated alkanes) is 1. The highest BCUT2D eigenvalue weighted by Gasteiger charge is 2.18. The first kappa shape index (κ1) is 30.1. The fourth-order valence-corrected chi connectivity index (χ4v) is 4.83. The van der Waals surface area contributed by atoms with E-state index in [0.717, 1.165) is 35.2 Å². The van der Waals surface area contributed by atoms with Crippen LogP contribution in [0.3, 0.4) is 0 Å². The number of aromatic nitrogens is 4. The molecule has 0 atom stereocenters. The Morgan fingerprint density at radius 2 is 1.71 bits per heavy atom. The first-order chi connectivity index (χ1) is 20.4. The topological polar surface area (TPSA) is 114 Å². The lowest BCUT2D eigenvalue weighted by Crippen LogP contribution is -2.34. The van der Waals surface area contributed by atoms with Crippen LogP contribution in [0, 0.1) is 18.3 Å². The molecule has 2 aromatic carbocycles. The molecule has 4 aromatic rings. The van der Waals surface area contributed by atoms with Gasteiger partial charge in [0.1, 0.15) is 5.82 Å². The standard InChI is InChI=1S/C33H36N6O3/c1-5-8-13-30-29(18-24-14-16-25(17-15-24)28-12-10-9-11-26(28)19-34)32(41)39(23(4)37-30)33-35-20-27(21-36-33)42-22-31(40)38(6-2)7-3/h9-12,14-17,20-21H,5-8,13,18,22H2,1-4H3. The molecule has 0 spiro atoms. The zero-order chi connectivity index (χ0) is 30.1. The fourth-order valence-electron chi connectivity index (χ4n) is 4.83. The lowest BCUT2D eigenvalue weighted by Gasteiger charge is -2.18. The van der Waals surface area contributed by atoms with E-state index >= 15 is 0 Å². The van der Waals surface area contributed by atoms with Gasteiger partial charge in [0.25, 0.3) is 11.5 Å². The highest BCUT2D eigenvalue weighted by atomic mass is 16.5. The van der Waals surface area contributed by atoms with Crippen molar-refractivity contribution in [1.29, 1.82) is 5.26 Å². The first-order valence-corrected chi connectivity index (χ1v) is 14.3. The van der Waals surface area contributed by atoms with Crippen LogP contribution >= 0.6 is 0 Å². The zero-order valence-electron chi connectivity index (χ0n) is 24.6. The highest BCUT2D eigenvalue weighted by Crippen LogP contribution is 2.24. The number of nitrogens with zero attached hydrogens (tertiary/aromatic N) is 6. The van der Waals surface area contributed by atoms with Gasteiger partial charge in [-0.25, -0.2) is 19.5 Å². The molecule has 1 amide bonds. The van der Waals surface area contributed by atoms with Crippen molar-refractivity contribution in [2.45, 2.75) is 53.4 Å². The predicted octanol–water partition coefficient (Wildman–Crippen LogP) is 5.05. The van der Waals surface area contributed by atoms with E-state index in [4.69, 9.17) is 9.72 Å². The Bertz CT molecular complexity index is 1620. The minimum Gasteiger partial charge on any atom is -0.481 e. The number of hydrogen-bond donors (Lipinski definition) is 0. The van der Waals surface area contributed by atoms with Crippen LogP contribution < -0.4 is 10.3 Å². The summed E-state index contributed by atoms with van der Waals surface area (Å²) in [5, 5.41) is 9.48. The molecule has 216 valence electrons. The van der Waals surface area contributed by atoms with Gasteiger partial charge in [0.2, 0.25) is 5.95 Å². The number of carbonyl (C=O) groups is 1. The second kappa shape index (κ2) is 14.2. The third-order valence-electron chi connectivity index (χ3n) is 7.18. The molecule has 0 aliphatic heterocycles.